The highest BCUT2D eigenvalue weighted by atomic mass is 32.1. The summed E-state index contributed by atoms with van der Waals surface area (Å²) < 4.78 is 17.3. The van der Waals surface area contributed by atoms with Crippen LogP contribution < -0.4 is 9.64 Å². The van der Waals surface area contributed by atoms with Crippen LogP contribution in [0.1, 0.15) is 20.8 Å². The minimum atomic E-state index is -0.459. The summed E-state index contributed by atoms with van der Waals surface area (Å²) >= 11 is 1.72. The van der Waals surface area contributed by atoms with Gasteiger partial charge in [-0.05, 0) is 39.0 Å². The van der Waals surface area contributed by atoms with Gasteiger partial charge in [0.25, 0.3) is 0 Å². The third kappa shape index (κ3) is 4.35. The number of fused-ring (bicyclic) bond motifs is 1. The van der Waals surface area contributed by atoms with Gasteiger partial charge in [-0.2, -0.15) is 0 Å². The monoisotopic (exact) mass is 468 g/mol. The summed E-state index contributed by atoms with van der Waals surface area (Å²) in [6, 6.07) is 11.9. The molecule has 5 rings (SSSR count). The van der Waals surface area contributed by atoms with Crippen molar-refractivity contribution < 1.29 is 19.0 Å². The Morgan fingerprint density at radius 3 is 2.61 bits per heavy atom. The molecule has 2 fully saturated rings. The summed E-state index contributed by atoms with van der Waals surface area (Å²) in [6.45, 7) is 9.25. The van der Waals surface area contributed by atoms with Gasteiger partial charge in [-0.25, -0.2) is 4.79 Å². The smallest absolute Gasteiger partial charge is 0.410 e. The molecule has 0 atom stereocenters. The molecule has 4 heterocycles. The summed E-state index contributed by atoms with van der Waals surface area (Å²) in [5.41, 5.74) is 2.27. The molecule has 2 aliphatic rings. The van der Waals surface area contributed by atoms with Gasteiger partial charge in [0, 0.05) is 50.3 Å². The van der Waals surface area contributed by atoms with E-state index in [2.05, 4.69) is 27.2 Å². The first-order valence-corrected chi connectivity index (χ1v) is 11.8. The van der Waals surface area contributed by atoms with Crippen molar-refractivity contribution in [1.82, 2.24) is 15.1 Å². The van der Waals surface area contributed by atoms with Crippen molar-refractivity contribution in [1.29, 1.82) is 0 Å². The highest BCUT2D eigenvalue weighted by Gasteiger charge is 2.54. The number of aromatic nitrogens is 2. The van der Waals surface area contributed by atoms with Crippen molar-refractivity contribution in [2.75, 3.05) is 45.0 Å². The second kappa shape index (κ2) is 8.14. The van der Waals surface area contributed by atoms with Gasteiger partial charge in [0.05, 0.1) is 15.4 Å². The predicted molar refractivity (Wildman–Crippen MR) is 128 cm³/mol. The highest BCUT2D eigenvalue weighted by Crippen LogP contribution is 2.45. The van der Waals surface area contributed by atoms with E-state index in [9.17, 15) is 4.79 Å². The number of amides is 1. The summed E-state index contributed by atoms with van der Waals surface area (Å²) in [7, 11) is 1.60. The van der Waals surface area contributed by atoms with Gasteiger partial charge in [0.2, 0.25) is 0 Å². The van der Waals surface area contributed by atoms with Crippen LogP contribution in [0.15, 0.2) is 36.4 Å². The van der Waals surface area contributed by atoms with Crippen LogP contribution in [-0.4, -0.2) is 66.9 Å². The first-order chi connectivity index (χ1) is 15.8. The van der Waals surface area contributed by atoms with E-state index >= 15 is 0 Å². The number of methoxy groups -OCH3 is 1. The molecule has 3 aromatic rings. The molecule has 0 aliphatic carbocycles. The van der Waals surface area contributed by atoms with Crippen molar-refractivity contribution in [3.63, 3.8) is 0 Å². The number of anilines is 1. The predicted octanol–water partition coefficient (Wildman–Crippen LogP) is 4.40. The number of hydrogen-bond acceptors (Lipinski definition) is 8. The molecule has 0 unspecified atom stereocenters. The van der Waals surface area contributed by atoms with E-state index in [0.29, 0.717) is 5.75 Å². The maximum absolute atomic E-state index is 12.2. The lowest BCUT2D eigenvalue weighted by molar-refractivity contribution is -0.0451. The first-order valence-electron chi connectivity index (χ1n) is 11.0. The zero-order valence-electron chi connectivity index (χ0n) is 19.3. The summed E-state index contributed by atoms with van der Waals surface area (Å²) in [4.78, 5) is 16.4. The Labute approximate surface area is 197 Å². The Hall–Kier alpha value is -2.91. The van der Waals surface area contributed by atoms with Crippen molar-refractivity contribution in [2.45, 2.75) is 26.4 Å². The normalized spacial score (nSPS) is 17.1. The molecule has 2 aliphatic heterocycles. The molecule has 9 heteroatoms. The number of nitrogens with zero attached hydrogens (tertiary/aromatic N) is 4. The zero-order chi connectivity index (χ0) is 23.2. The molecule has 1 amide bonds. The van der Waals surface area contributed by atoms with Gasteiger partial charge in [-0.15, -0.1) is 21.5 Å². The summed E-state index contributed by atoms with van der Waals surface area (Å²) in [5, 5.41) is 10.1. The molecular formula is C24H28N4O4S. The SMILES string of the molecule is COCOc1ccccc1-c1cc2sc(N3CC4(CN(C(=O)OC(C)(C)C)C4)C3)cc2nn1. The van der Waals surface area contributed by atoms with Gasteiger partial charge < -0.3 is 24.0 Å². The van der Waals surface area contributed by atoms with E-state index in [1.165, 1.54) is 5.00 Å². The van der Waals surface area contributed by atoms with Gasteiger partial charge in [-0.1, -0.05) is 12.1 Å². The third-order valence-electron chi connectivity index (χ3n) is 5.82. The number of para-hydroxylation sites is 1. The summed E-state index contributed by atoms with van der Waals surface area (Å²) in [6.07, 6.45) is -0.217. The Balaban J connectivity index is 1.26. The number of benzene rings is 1. The van der Waals surface area contributed by atoms with Gasteiger partial charge in [-0.3, -0.25) is 0 Å². The zero-order valence-corrected chi connectivity index (χ0v) is 20.1. The molecule has 0 saturated carbocycles. The topological polar surface area (TPSA) is 77.0 Å². The molecule has 0 bridgehead atoms. The lowest BCUT2D eigenvalue weighted by atomic mass is 9.73. The molecule has 1 spiro atoms. The van der Waals surface area contributed by atoms with E-state index in [0.717, 1.165) is 47.7 Å². The van der Waals surface area contributed by atoms with Crippen LogP contribution in [0.5, 0.6) is 5.75 Å². The van der Waals surface area contributed by atoms with Crippen molar-refractivity contribution in [3.8, 4) is 17.0 Å². The minimum Gasteiger partial charge on any atom is -0.467 e. The van der Waals surface area contributed by atoms with Crippen LogP contribution in [0.4, 0.5) is 9.80 Å². The molecule has 33 heavy (non-hydrogen) atoms. The van der Waals surface area contributed by atoms with Crippen molar-refractivity contribution >= 4 is 32.6 Å². The molecule has 1 aromatic carbocycles. The number of carbonyl (C=O) groups is 1. The fourth-order valence-corrected chi connectivity index (χ4v) is 5.41. The highest BCUT2D eigenvalue weighted by molar-refractivity contribution is 7.22. The maximum Gasteiger partial charge on any atom is 0.410 e. The Bertz CT molecular complexity index is 1170. The average molecular weight is 469 g/mol. The Morgan fingerprint density at radius 2 is 1.88 bits per heavy atom. The number of ether oxygens (including phenoxy) is 3. The van der Waals surface area contributed by atoms with Crippen molar-refractivity contribution in [2.24, 2.45) is 5.41 Å². The fraction of sp³-hybridized carbons (Fsp3) is 0.458. The minimum absolute atomic E-state index is 0.178. The number of rotatable bonds is 5. The lowest BCUT2D eigenvalue weighted by Crippen LogP contribution is -2.73. The fourth-order valence-electron chi connectivity index (χ4n) is 4.38. The molecule has 2 aromatic heterocycles. The number of thiophene rings is 1. The Morgan fingerprint density at radius 1 is 1.12 bits per heavy atom. The quantitative estimate of drug-likeness (QED) is 0.514. The summed E-state index contributed by atoms with van der Waals surface area (Å²) in [5.74, 6) is 0.717. The Kier molecular flexibility index (Phi) is 5.41. The third-order valence-corrected chi connectivity index (χ3v) is 6.96. The second-order valence-electron chi connectivity index (χ2n) is 9.80. The molecular weight excluding hydrogens is 440 g/mol. The standard InChI is InChI=1S/C24H28N4O4S/c1-23(2,3)32-22(29)28-13-24(14-28)11-27(12-24)21-10-18-20(33-21)9-17(25-26-18)16-7-5-6-8-19(16)31-15-30-4/h5-10H,11-15H2,1-4H3. The molecule has 174 valence electrons. The lowest BCUT2D eigenvalue weighted by Gasteiger charge is -2.60. The van der Waals surface area contributed by atoms with E-state index in [1.54, 1.807) is 23.3 Å². The van der Waals surface area contributed by atoms with Crippen LogP contribution in [0.3, 0.4) is 0 Å². The van der Waals surface area contributed by atoms with Gasteiger partial charge >= 0.3 is 6.09 Å². The molecule has 2 saturated heterocycles. The van der Waals surface area contributed by atoms with Gasteiger partial charge in [0.1, 0.15) is 16.9 Å². The number of hydrogen-bond donors (Lipinski definition) is 0. The first kappa shape index (κ1) is 21.9. The average Bonchev–Trinajstić information content (AvgIpc) is 3.12. The largest absolute Gasteiger partial charge is 0.467 e. The van der Waals surface area contributed by atoms with Gasteiger partial charge in [0.15, 0.2) is 6.79 Å². The van der Waals surface area contributed by atoms with E-state index < -0.39 is 5.60 Å². The van der Waals surface area contributed by atoms with Crippen LogP contribution in [0, 0.1) is 5.41 Å². The van der Waals surface area contributed by atoms with Crippen LogP contribution in [0.25, 0.3) is 21.5 Å². The van der Waals surface area contributed by atoms with E-state index in [-0.39, 0.29) is 18.3 Å². The van der Waals surface area contributed by atoms with Crippen LogP contribution in [-0.2, 0) is 9.47 Å². The number of carbonyl (C=O) groups excluding carboxylic acids is 1. The molecule has 0 radical (unpaired) electrons. The van der Waals surface area contributed by atoms with Crippen molar-refractivity contribution in [3.05, 3.63) is 36.4 Å². The second-order valence-corrected chi connectivity index (χ2v) is 10.9. The molecule has 8 nitrogen and oxygen atoms in total. The number of likely N-dealkylation sites (tertiary alicyclic amines) is 1. The van der Waals surface area contributed by atoms with E-state index in [4.69, 9.17) is 14.2 Å². The maximum atomic E-state index is 12.2. The van der Waals surface area contributed by atoms with Crippen LogP contribution in [0.2, 0.25) is 0 Å². The van der Waals surface area contributed by atoms with Crippen LogP contribution >= 0.6 is 11.3 Å². The molecule has 0 N–H and O–H groups in total. The van der Waals surface area contributed by atoms with E-state index in [1.807, 2.05) is 45.0 Å².